The summed E-state index contributed by atoms with van der Waals surface area (Å²) in [7, 11) is 1.92. The third-order valence-electron chi connectivity index (χ3n) is 7.58. The lowest BCUT2D eigenvalue weighted by Crippen LogP contribution is -2.23. The van der Waals surface area contributed by atoms with Gasteiger partial charge in [0.25, 0.3) is 0 Å². The number of pyridine rings is 1. The van der Waals surface area contributed by atoms with Gasteiger partial charge in [0.1, 0.15) is 11.6 Å². The Bertz CT molecular complexity index is 1390. The molecular weight excluding hydrogens is 559 g/mol. The molecular formula is C36H47FN2O5. The molecule has 8 heteroatoms. The zero-order valence-electron chi connectivity index (χ0n) is 26.9. The Morgan fingerprint density at radius 2 is 1.61 bits per heavy atom. The SMILES string of the molecule is CNC(C)Cc1ccc(OCOC(=O)C[C@H](O)C[C@H](O)/C=C/c2c(C(C)C)nc(C(C)C)c(C)c2-c2ccc(F)cc2)cc1. The van der Waals surface area contributed by atoms with Crippen LogP contribution in [0.15, 0.2) is 54.6 Å². The van der Waals surface area contributed by atoms with Gasteiger partial charge >= 0.3 is 5.97 Å². The molecule has 0 saturated carbocycles. The number of likely N-dealkylation sites (N-methyl/N-ethyl adjacent to an activating group) is 1. The summed E-state index contributed by atoms with van der Waals surface area (Å²) in [4.78, 5) is 17.3. The van der Waals surface area contributed by atoms with E-state index in [4.69, 9.17) is 14.5 Å². The summed E-state index contributed by atoms with van der Waals surface area (Å²) in [6.45, 7) is 12.1. The van der Waals surface area contributed by atoms with Gasteiger partial charge < -0.3 is 25.0 Å². The Hall–Kier alpha value is -3.59. The monoisotopic (exact) mass is 606 g/mol. The highest BCUT2D eigenvalue weighted by Gasteiger charge is 2.21. The van der Waals surface area contributed by atoms with Crippen molar-refractivity contribution in [1.29, 1.82) is 0 Å². The number of ether oxygens (including phenoxy) is 2. The first-order valence-electron chi connectivity index (χ1n) is 15.3. The van der Waals surface area contributed by atoms with E-state index < -0.39 is 18.2 Å². The predicted molar refractivity (Wildman–Crippen MR) is 173 cm³/mol. The molecule has 3 atom stereocenters. The van der Waals surface area contributed by atoms with E-state index in [0.29, 0.717) is 11.8 Å². The van der Waals surface area contributed by atoms with Crippen molar-refractivity contribution < 1.29 is 28.9 Å². The van der Waals surface area contributed by atoms with Gasteiger partial charge in [-0.1, -0.05) is 64.1 Å². The molecule has 1 aromatic heterocycles. The number of aliphatic hydroxyl groups is 2. The summed E-state index contributed by atoms with van der Waals surface area (Å²) in [5.41, 5.74) is 6.62. The number of aliphatic hydroxyl groups excluding tert-OH is 2. The Morgan fingerprint density at radius 3 is 2.20 bits per heavy atom. The Balaban J connectivity index is 1.64. The number of esters is 1. The number of nitrogens with zero attached hydrogens (tertiary/aromatic N) is 1. The lowest BCUT2D eigenvalue weighted by Gasteiger charge is -2.22. The molecule has 0 aliphatic carbocycles. The Kier molecular flexibility index (Phi) is 13.1. The largest absolute Gasteiger partial charge is 0.457 e. The fourth-order valence-corrected chi connectivity index (χ4v) is 5.13. The molecule has 1 heterocycles. The molecule has 0 fully saturated rings. The van der Waals surface area contributed by atoms with Crippen molar-refractivity contribution in [3.63, 3.8) is 0 Å². The number of carbonyl (C=O) groups is 1. The second-order valence-electron chi connectivity index (χ2n) is 11.9. The molecule has 0 aliphatic rings. The molecule has 0 aliphatic heterocycles. The summed E-state index contributed by atoms with van der Waals surface area (Å²) in [6.07, 6.45) is 1.83. The molecule has 0 radical (unpaired) electrons. The molecule has 3 N–H and O–H groups in total. The molecule has 2 aromatic carbocycles. The lowest BCUT2D eigenvalue weighted by atomic mass is 9.87. The molecule has 0 amide bonds. The van der Waals surface area contributed by atoms with Gasteiger partial charge in [-0.25, -0.2) is 4.39 Å². The van der Waals surface area contributed by atoms with Gasteiger partial charge in [-0.05, 0) is 85.7 Å². The van der Waals surface area contributed by atoms with Crippen LogP contribution in [0.2, 0.25) is 0 Å². The van der Waals surface area contributed by atoms with E-state index in [2.05, 4.69) is 39.9 Å². The van der Waals surface area contributed by atoms with Crippen LogP contribution in [0.1, 0.15) is 87.4 Å². The summed E-state index contributed by atoms with van der Waals surface area (Å²) < 4.78 is 24.4. The Labute approximate surface area is 261 Å². The summed E-state index contributed by atoms with van der Waals surface area (Å²) in [6, 6.07) is 14.3. The summed E-state index contributed by atoms with van der Waals surface area (Å²) in [5.74, 6) is -0.0889. The average molecular weight is 607 g/mol. The number of hydrogen-bond acceptors (Lipinski definition) is 7. The van der Waals surface area contributed by atoms with Gasteiger partial charge in [0.05, 0.1) is 24.3 Å². The summed E-state index contributed by atoms with van der Waals surface area (Å²) >= 11 is 0. The first-order valence-corrected chi connectivity index (χ1v) is 15.3. The smallest absolute Gasteiger partial charge is 0.311 e. The number of carbonyl (C=O) groups excluding carboxylic acids is 1. The van der Waals surface area contributed by atoms with E-state index in [1.165, 1.54) is 12.1 Å². The molecule has 0 spiro atoms. The second kappa shape index (κ2) is 16.5. The lowest BCUT2D eigenvalue weighted by molar-refractivity contribution is -0.152. The van der Waals surface area contributed by atoms with Crippen LogP contribution in [0.3, 0.4) is 0 Å². The maximum absolute atomic E-state index is 13.8. The van der Waals surface area contributed by atoms with Crippen LogP contribution >= 0.6 is 0 Å². The molecule has 1 unspecified atom stereocenters. The standard InChI is InChI=1S/C36H47FN2O5/c1-22(2)35-25(6)34(27-10-12-28(37)13-11-27)32(36(39-35)23(3)4)17-14-29(40)19-30(41)20-33(42)44-21-43-31-15-8-26(9-16-31)18-24(5)38-7/h8-17,22-24,29-30,38,40-41H,18-21H2,1-7H3/b17-14+/t24?,29-,30-/m1/s1. The topological polar surface area (TPSA) is 101 Å². The maximum Gasteiger partial charge on any atom is 0.311 e. The van der Waals surface area contributed by atoms with Crippen LogP contribution in [0, 0.1) is 12.7 Å². The van der Waals surface area contributed by atoms with Crippen molar-refractivity contribution in [2.24, 2.45) is 0 Å². The fourth-order valence-electron chi connectivity index (χ4n) is 5.13. The van der Waals surface area contributed by atoms with Crippen molar-refractivity contribution in [2.45, 2.75) is 90.9 Å². The molecule has 0 bridgehead atoms. The van der Waals surface area contributed by atoms with Crippen molar-refractivity contribution in [3.05, 3.63) is 88.5 Å². The first kappa shape index (κ1) is 34.9. The summed E-state index contributed by atoms with van der Waals surface area (Å²) in [5, 5.41) is 24.4. The van der Waals surface area contributed by atoms with Gasteiger partial charge in [-0.3, -0.25) is 9.78 Å². The van der Waals surface area contributed by atoms with Crippen molar-refractivity contribution in [3.8, 4) is 16.9 Å². The highest BCUT2D eigenvalue weighted by atomic mass is 19.1. The van der Waals surface area contributed by atoms with Crippen LogP contribution in [0.5, 0.6) is 5.75 Å². The van der Waals surface area contributed by atoms with E-state index in [1.807, 2.05) is 44.3 Å². The highest BCUT2D eigenvalue weighted by Crippen LogP contribution is 2.37. The quantitative estimate of drug-likeness (QED) is 0.131. The van der Waals surface area contributed by atoms with Crippen molar-refractivity contribution >= 4 is 12.0 Å². The Morgan fingerprint density at radius 1 is 0.977 bits per heavy atom. The predicted octanol–water partition coefficient (Wildman–Crippen LogP) is 6.69. The zero-order valence-corrected chi connectivity index (χ0v) is 26.9. The molecule has 3 rings (SSSR count). The van der Waals surface area contributed by atoms with Crippen LogP contribution in [-0.4, -0.2) is 53.3 Å². The average Bonchev–Trinajstić information content (AvgIpc) is 2.97. The van der Waals surface area contributed by atoms with E-state index in [1.54, 1.807) is 18.2 Å². The minimum absolute atomic E-state index is 0.0572. The maximum atomic E-state index is 13.8. The van der Waals surface area contributed by atoms with Gasteiger partial charge in [0.15, 0.2) is 0 Å². The third-order valence-corrected chi connectivity index (χ3v) is 7.58. The number of rotatable bonds is 15. The number of nitrogens with one attached hydrogen (secondary N) is 1. The van der Waals surface area contributed by atoms with Gasteiger partial charge in [0, 0.05) is 23.7 Å². The van der Waals surface area contributed by atoms with Gasteiger partial charge in [-0.15, -0.1) is 0 Å². The fraction of sp³-hybridized carbons (Fsp3) is 0.444. The molecule has 7 nitrogen and oxygen atoms in total. The van der Waals surface area contributed by atoms with Gasteiger partial charge in [0.2, 0.25) is 6.79 Å². The molecule has 0 saturated heterocycles. The van der Waals surface area contributed by atoms with E-state index in [-0.39, 0.29) is 37.3 Å². The molecule has 3 aromatic rings. The minimum atomic E-state index is -1.11. The van der Waals surface area contributed by atoms with E-state index in [0.717, 1.165) is 45.6 Å². The zero-order chi connectivity index (χ0) is 32.4. The number of aromatic nitrogens is 1. The van der Waals surface area contributed by atoms with Gasteiger partial charge in [-0.2, -0.15) is 0 Å². The van der Waals surface area contributed by atoms with Crippen LogP contribution < -0.4 is 10.1 Å². The van der Waals surface area contributed by atoms with Crippen LogP contribution in [0.4, 0.5) is 4.39 Å². The highest BCUT2D eigenvalue weighted by molar-refractivity contribution is 5.80. The van der Waals surface area contributed by atoms with E-state index >= 15 is 0 Å². The van der Waals surface area contributed by atoms with Crippen molar-refractivity contribution in [2.75, 3.05) is 13.8 Å². The number of benzene rings is 2. The van der Waals surface area contributed by atoms with Crippen LogP contribution in [0.25, 0.3) is 17.2 Å². The number of halogens is 1. The minimum Gasteiger partial charge on any atom is -0.457 e. The second-order valence-corrected chi connectivity index (χ2v) is 11.9. The van der Waals surface area contributed by atoms with Crippen LogP contribution in [-0.2, 0) is 16.0 Å². The molecule has 44 heavy (non-hydrogen) atoms. The molecule has 238 valence electrons. The van der Waals surface area contributed by atoms with Crippen molar-refractivity contribution in [1.82, 2.24) is 10.3 Å². The third kappa shape index (κ3) is 9.97. The number of hydrogen-bond donors (Lipinski definition) is 3. The first-order chi connectivity index (χ1) is 20.9. The normalized spacial score (nSPS) is 13.8. The van der Waals surface area contributed by atoms with E-state index in [9.17, 15) is 19.4 Å².